The van der Waals surface area contributed by atoms with Crippen LogP contribution in [0.2, 0.25) is 0 Å². The first-order valence-electron chi connectivity index (χ1n) is 8.78. The molecule has 3 nitrogen and oxygen atoms in total. The van der Waals surface area contributed by atoms with Crippen LogP contribution in [0.3, 0.4) is 0 Å². The van der Waals surface area contributed by atoms with Crippen molar-refractivity contribution < 1.29 is 4.74 Å². The van der Waals surface area contributed by atoms with Crippen molar-refractivity contribution in [3.63, 3.8) is 0 Å². The van der Waals surface area contributed by atoms with Gasteiger partial charge in [0.05, 0.1) is 0 Å². The molecule has 1 aliphatic heterocycles. The molecule has 0 aromatic carbocycles. The average molecular weight is 284 g/mol. The van der Waals surface area contributed by atoms with Gasteiger partial charge >= 0.3 is 0 Å². The van der Waals surface area contributed by atoms with Crippen LogP contribution in [-0.2, 0) is 4.74 Å². The summed E-state index contributed by atoms with van der Waals surface area (Å²) in [5.74, 6) is 0. The second-order valence-corrected chi connectivity index (χ2v) is 6.22. The largest absolute Gasteiger partial charge is 0.381 e. The van der Waals surface area contributed by atoms with E-state index in [0.29, 0.717) is 11.6 Å². The van der Waals surface area contributed by atoms with Crippen molar-refractivity contribution in [1.29, 1.82) is 0 Å². The Balaban J connectivity index is 2.35. The van der Waals surface area contributed by atoms with Crippen molar-refractivity contribution in [2.45, 2.75) is 77.8 Å². The molecule has 1 fully saturated rings. The predicted octanol–water partition coefficient (Wildman–Crippen LogP) is 3.44. The lowest BCUT2D eigenvalue weighted by molar-refractivity contribution is 0.0559. The van der Waals surface area contributed by atoms with Crippen LogP contribution < -0.4 is 5.32 Å². The van der Waals surface area contributed by atoms with E-state index < -0.39 is 0 Å². The molecule has 20 heavy (non-hydrogen) atoms. The summed E-state index contributed by atoms with van der Waals surface area (Å²) >= 11 is 0. The summed E-state index contributed by atoms with van der Waals surface area (Å²) in [4.78, 5) is 2.70. The average Bonchev–Trinajstić information content (AvgIpc) is 2.50. The van der Waals surface area contributed by atoms with Gasteiger partial charge in [-0.15, -0.1) is 0 Å². The number of rotatable bonds is 10. The zero-order valence-electron chi connectivity index (χ0n) is 14.2. The number of nitrogens with one attached hydrogen (secondary N) is 1. The lowest BCUT2D eigenvalue weighted by Gasteiger charge is -2.47. The van der Waals surface area contributed by atoms with Gasteiger partial charge in [-0.1, -0.05) is 34.1 Å². The molecule has 0 bridgehead atoms. The first-order valence-corrected chi connectivity index (χ1v) is 8.78. The normalized spacial score (nSPS) is 23.1. The molecule has 1 atom stereocenters. The van der Waals surface area contributed by atoms with Crippen LogP contribution in [-0.4, -0.2) is 49.3 Å². The molecule has 0 spiro atoms. The second kappa shape index (κ2) is 9.75. The van der Waals surface area contributed by atoms with Crippen LogP contribution in [0.1, 0.15) is 66.2 Å². The molecule has 0 aromatic rings. The fourth-order valence-corrected chi connectivity index (χ4v) is 3.14. The van der Waals surface area contributed by atoms with E-state index in [0.717, 1.165) is 19.8 Å². The van der Waals surface area contributed by atoms with Crippen LogP contribution in [0.15, 0.2) is 0 Å². The van der Waals surface area contributed by atoms with Gasteiger partial charge in [0, 0.05) is 44.4 Å². The number of piperazine rings is 1. The molecule has 1 saturated heterocycles. The quantitative estimate of drug-likeness (QED) is 0.622. The van der Waals surface area contributed by atoms with Crippen molar-refractivity contribution in [2.24, 2.45) is 0 Å². The van der Waals surface area contributed by atoms with Crippen LogP contribution in [0, 0.1) is 0 Å². The first-order chi connectivity index (χ1) is 9.71. The number of hydrogen-bond donors (Lipinski definition) is 1. The summed E-state index contributed by atoms with van der Waals surface area (Å²) in [6.07, 6.45) is 7.29. The number of nitrogens with zero attached hydrogens (tertiary/aromatic N) is 1. The van der Waals surface area contributed by atoms with Gasteiger partial charge in [0.1, 0.15) is 0 Å². The van der Waals surface area contributed by atoms with Gasteiger partial charge in [-0.25, -0.2) is 0 Å². The standard InChI is InChI=1S/C17H36N2O/c1-5-9-12-20-13-10-11-19-15-17(7-3,8-4)18-14-16(19)6-2/h16,18H,5-15H2,1-4H3. The summed E-state index contributed by atoms with van der Waals surface area (Å²) < 4.78 is 5.70. The number of ether oxygens (including phenoxy) is 1. The van der Waals surface area contributed by atoms with Crippen LogP contribution >= 0.6 is 0 Å². The summed E-state index contributed by atoms with van der Waals surface area (Å²) in [6.45, 7) is 14.5. The van der Waals surface area contributed by atoms with Crippen LogP contribution in [0.4, 0.5) is 0 Å². The Morgan fingerprint density at radius 2 is 1.80 bits per heavy atom. The van der Waals surface area contributed by atoms with E-state index in [9.17, 15) is 0 Å². The van der Waals surface area contributed by atoms with Gasteiger partial charge in [0.2, 0.25) is 0 Å². The maximum Gasteiger partial charge on any atom is 0.0478 e. The third kappa shape index (κ3) is 5.34. The van der Waals surface area contributed by atoms with Crippen molar-refractivity contribution >= 4 is 0 Å². The fraction of sp³-hybridized carbons (Fsp3) is 1.00. The van der Waals surface area contributed by atoms with Crippen molar-refractivity contribution in [3.05, 3.63) is 0 Å². The zero-order chi connectivity index (χ0) is 14.8. The monoisotopic (exact) mass is 284 g/mol. The molecule has 0 aromatic heterocycles. The number of unbranched alkanes of at least 4 members (excludes halogenated alkanes) is 1. The van der Waals surface area contributed by atoms with Gasteiger partial charge in [0.25, 0.3) is 0 Å². The SMILES string of the molecule is CCCCOCCCN1CC(CC)(CC)NCC1CC. The molecule has 120 valence electrons. The Kier molecular flexibility index (Phi) is 8.74. The highest BCUT2D eigenvalue weighted by molar-refractivity contribution is 4.96. The van der Waals surface area contributed by atoms with Gasteiger partial charge in [-0.3, -0.25) is 4.90 Å². The minimum absolute atomic E-state index is 0.342. The van der Waals surface area contributed by atoms with E-state index in [4.69, 9.17) is 4.74 Å². The molecule has 3 heteroatoms. The molecule has 1 unspecified atom stereocenters. The van der Waals surface area contributed by atoms with Gasteiger partial charge in [-0.05, 0) is 32.1 Å². The van der Waals surface area contributed by atoms with Crippen LogP contribution in [0.5, 0.6) is 0 Å². The molecular formula is C17H36N2O. The highest BCUT2D eigenvalue weighted by Crippen LogP contribution is 2.23. The summed E-state index contributed by atoms with van der Waals surface area (Å²) in [6, 6.07) is 0.705. The summed E-state index contributed by atoms with van der Waals surface area (Å²) in [5.41, 5.74) is 0.342. The van der Waals surface area contributed by atoms with Crippen molar-refractivity contribution in [2.75, 3.05) is 32.8 Å². The highest BCUT2D eigenvalue weighted by Gasteiger charge is 2.35. The van der Waals surface area contributed by atoms with Gasteiger partial charge < -0.3 is 10.1 Å². The van der Waals surface area contributed by atoms with E-state index in [1.165, 1.54) is 51.6 Å². The molecule has 1 aliphatic rings. The minimum Gasteiger partial charge on any atom is -0.381 e. The number of hydrogen-bond acceptors (Lipinski definition) is 3. The van der Waals surface area contributed by atoms with E-state index in [2.05, 4.69) is 37.9 Å². The molecule has 1 N–H and O–H groups in total. The maximum absolute atomic E-state index is 5.70. The van der Waals surface area contributed by atoms with E-state index in [1.807, 2.05) is 0 Å². The first kappa shape index (κ1) is 17.9. The van der Waals surface area contributed by atoms with E-state index in [-0.39, 0.29) is 0 Å². The molecule has 1 rings (SSSR count). The molecule has 0 saturated carbocycles. The predicted molar refractivity (Wildman–Crippen MR) is 87.3 cm³/mol. The van der Waals surface area contributed by atoms with Crippen molar-refractivity contribution in [3.8, 4) is 0 Å². The van der Waals surface area contributed by atoms with Gasteiger partial charge in [-0.2, -0.15) is 0 Å². The van der Waals surface area contributed by atoms with Crippen molar-refractivity contribution in [1.82, 2.24) is 10.2 Å². The molecular weight excluding hydrogens is 248 g/mol. The van der Waals surface area contributed by atoms with E-state index >= 15 is 0 Å². The molecule has 0 radical (unpaired) electrons. The lowest BCUT2D eigenvalue weighted by atomic mass is 9.88. The minimum atomic E-state index is 0.342. The molecule has 0 aliphatic carbocycles. The zero-order valence-corrected chi connectivity index (χ0v) is 14.2. The Labute approximate surface area is 126 Å². The highest BCUT2D eigenvalue weighted by atomic mass is 16.5. The fourth-order valence-electron chi connectivity index (χ4n) is 3.14. The third-order valence-corrected chi connectivity index (χ3v) is 4.94. The Hall–Kier alpha value is -0.120. The smallest absolute Gasteiger partial charge is 0.0478 e. The van der Waals surface area contributed by atoms with Crippen LogP contribution in [0.25, 0.3) is 0 Å². The van der Waals surface area contributed by atoms with Gasteiger partial charge in [0.15, 0.2) is 0 Å². The second-order valence-electron chi connectivity index (χ2n) is 6.22. The lowest BCUT2D eigenvalue weighted by Crippen LogP contribution is -2.63. The van der Waals surface area contributed by atoms with E-state index in [1.54, 1.807) is 0 Å². The molecule has 0 amide bonds. The Bertz CT molecular complexity index is 241. The summed E-state index contributed by atoms with van der Waals surface area (Å²) in [7, 11) is 0. The topological polar surface area (TPSA) is 24.5 Å². The summed E-state index contributed by atoms with van der Waals surface area (Å²) in [5, 5.41) is 3.81. The Morgan fingerprint density at radius 3 is 2.40 bits per heavy atom. The Morgan fingerprint density at radius 1 is 1.10 bits per heavy atom. The molecule has 1 heterocycles. The maximum atomic E-state index is 5.70. The third-order valence-electron chi connectivity index (χ3n) is 4.94.